The van der Waals surface area contributed by atoms with Crippen LogP contribution in [0.2, 0.25) is 0 Å². The lowest BCUT2D eigenvalue weighted by Crippen LogP contribution is -2.65. The second kappa shape index (κ2) is 7.70. The Morgan fingerprint density at radius 2 is 1.33 bits per heavy atom. The Bertz CT molecular complexity index is 809. The van der Waals surface area contributed by atoms with Crippen molar-refractivity contribution >= 4 is 6.29 Å². The maximum absolute atomic E-state index is 10.9. The average molecular weight is 453 g/mol. The molecule has 0 heterocycles. The topological polar surface area (TPSA) is 17.1 Å². The summed E-state index contributed by atoms with van der Waals surface area (Å²) < 4.78 is 0. The zero-order chi connectivity index (χ0) is 23.9. The van der Waals surface area contributed by atoms with Crippen LogP contribution in [0, 0.1) is 62.6 Å². The van der Waals surface area contributed by atoms with Crippen molar-refractivity contribution in [2.45, 2.75) is 119 Å². The standard InChI is InChI=1S/C32H52O/c1-22(10-8-21-33)23-13-18-29(4)24(23)14-19-31(6)26(29)11-12-27-30(5)17-9-16-28(2,3)25(30)15-20-32(27,31)7/h8,10,21-27H,9,11-20H2,1-7H3/b10-8+/t22-,23-,24+,25+,26-,27-,29+,30+,31-,32-/m1/s1. The first-order valence-electron chi connectivity index (χ1n) is 14.6. The Hall–Kier alpha value is -0.590. The molecule has 0 spiro atoms. The van der Waals surface area contributed by atoms with Crippen molar-refractivity contribution in [1.29, 1.82) is 0 Å². The molecule has 1 nitrogen and oxygen atoms in total. The summed E-state index contributed by atoms with van der Waals surface area (Å²) in [6.07, 6.45) is 20.8. The highest BCUT2D eigenvalue weighted by Gasteiger charge is 2.70. The smallest absolute Gasteiger partial charge is 0.142 e. The highest BCUT2D eigenvalue weighted by molar-refractivity contribution is 5.64. The molecule has 10 atom stereocenters. The van der Waals surface area contributed by atoms with Crippen LogP contribution in [0.15, 0.2) is 12.2 Å². The van der Waals surface area contributed by atoms with Gasteiger partial charge in [-0.25, -0.2) is 0 Å². The van der Waals surface area contributed by atoms with Gasteiger partial charge in [-0.3, -0.25) is 4.79 Å². The van der Waals surface area contributed by atoms with Gasteiger partial charge >= 0.3 is 0 Å². The molecule has 0 radical (unpaired) electrons. The van der Waals surface area contributed by atoms with Crippen LogP contribution in [0.25, 0.3) is 0 Å². The maximum atomic E-state index is 10.9. The van der Waals surface area contributed by atoms with Crippen molar-refractivity contribution in [2.24, 2.45) is 62.6 Å². The number of fused-ring (bicyclic) bond motifs is 7. The third kappa shape index (κ3) is 3.11. The van der Waals surface area contributed by atoms with E-state index in [1.165, 1.54) is 70.6 Å². The molecule has 5 fully saturated rings. The summed E-state index contributed by atoms with van der Waals surface area (Å²) in [5.74, 6) is 4.88. The summed E-state index contributed by atoms with van der Waals surface area (Å²) in [5, 5.41) is 0. The second-order valence-corrected chi connectivity index (χ2v) is 15.2. The molecular weight excluding hydrogens is 400 g/mol. The van der Waals surface area contributed by atoms with Crippen molar-refractivity contribution < 1.29 is 4.79 Å². The zero-order valence-corrected chi connectivity index (χ0v) is 22.9. The van der Waals surface area contributed by atoms with Crippen LogP contribution in [0.4, 0.5) is 0 Å². The van der Waals surface area contributed by atoms with E-state index in [4.69, 9.17) is 0 Å². The Morgan fingerprint density at radius 3 is 2.00 bits per heavy atom. The first-order chi connectivity index (χ1) is 15.4. The predicted octanol–water partition coefficient (Wildman–Crippen LogP) is 8.87. The molecule has 5 aliphatic carbocycles. The van der Waals surface area contributed by atoms with Gasteiger partial charge in [-0.05, 0) is 133 Å². The van der Waals surface area contributed by atoms with Crippen molar-refractivity contribution in [3.8, 4) is 0 Å². The van der Waals surface area contributed by atoms with Crippen LogP contribution < -0.4 is 0 Å². The monoisotopic (exact) mass is 452 g/mol. The summed E-state index contributed by atoms with van der Waals surface area (Å²) in [4.78, 5) is 10.9. The minimum atomic E-state index is 0.494. The van der Waals surface area contributed by atoms with Crippen LogP contribution in [-0.4, -0.2) is 6.29 Å². The van der Waals surface area contributed by atoms with Crippen molar-refractivity contribution in [2.75, 3.05) is 0 Å². The second-order valence-electron chi connectivity index (χ2n) is 15.2. The quantitative estimate of drug-likeness (QED) is 0.308. The van der Waals surface area contributed by atoms with E-state index in [9.17, 15) is 4.79 Å². The number of carbonyl (C=O) groups excluding carboxylic acids is 1. The van der Waals surface area contributed by atoms with Gasteiger partial charge in [-0.15, -0.1) is 0 Å². The Labute approximate surface area is 204 Å². The van der Waals surface area contributed by atoms with Gasteiger partial charge in [-0.1, -0.05) is 61.0 Å². The Morgan fingerprint density at radius 1 is 0.697 bits per heavy atom. The predicted molar refractivity (Wildman–Crippen MR) is 139 cm³/mol. The van der Waals surface area contributed by atoms with Gasteiger partial charge in [0.15, 0.2) is 0 Å². The van der Waals surface area contributed by atoms with Gasteiger partial charge < -0.3 is 0 Å². The highest BCUT2D eigenvalue weighted by Crippen LogP contribution is 2.78. The van der Waals surface area contributed by atoms with E-state index >= 15 is 0 Å². The van der Waals surface area contributed by atoms with Crippen LogP contribution in [0.3, 0.4) is 0 Å². The molecule has 0 aromatic heterocycles. The molecule has 5 saturated carbocycles. The molecule has 0 aliphatic heterocycles. The van der Waals surface area contributed by atoms with Crippen molar-refractivity contribution in [3.63, 3.8) is 0 Å². The molecule has 186 valence electrons. The normalized spacial score (nSPS) is 54.1. The number of carbonyl (C=O) groups is 1. The van der Waals surface area contributed by atoms with Gasteiger partial charge in [0.25, 0.3) is 0 Å². The van der Waals surface area contributed by atoms with Gasteiger partial charge in [0.05, 0.1) is 0 Å². The van der Waals surface area contributed by atoms with Gasteiger partial charge in [0.2, 0.25) is 0 Å². The summed E-state index contributed by atoms with van der Waals surface area (Å²) in [6, 6.07) is 0. The zero-order valence-electron chi connectivity index (χ0n) is 22.9. The summed E-state index contributed by atoms with van der Waals surface area (Å²) in [7, 11) is 0. The minimum absolute atomic E-state index is 0.494. The SMILES string of the molecule is C[C@H](/C=C/C=O)[C@H]1CC[C@]2(C)[C@H]3CC[C@@H]4[C@@]5(C)CCCC(C)(C)[C@@H]5CC[C@@]4(C)[C@]3(C)CC[C@@H]12. The van der Waals surface area contributed by atoms with E-state index in [1.54, 1.807) is 6.08 Å². The van der Waals surface area contributed by atoms with Crippen LogP contribution in [0.5, 0.6) is 0 Å². The first kappa shape index (κ1) is 24.1. The van der Waals surface area contributed by atoms with Gasteiger partial charge in [0, 0.05) is 0 Å². The lowest BCUT2D eigenvalue weighted by molar-refractivity contribution is -0.241. The molecular formula is C32H52O. The van der Waals surface area contributed by atoms with E-state index in [2.05, 4.69) is 54.5 Å². The molecule has 0 amide bonds. The van der Waals surface area contributed by atoms with Crippen LogP contribution in [0.1, 0.15) is 119 Å². The first-order valence-corrected chi connectivity index (χ1v) is 14.6. The fourth-order valence-corrected chi connectivity index (χ4v) is 12.3. The lowest BCUT2D eigenvalue weighted by atomic mass is 9.32. The molecule has 0 bridgehead atoms. The molecule has 0 N–H and O–H groups in total. The molecule has 5 aliphatic rings. The molecule has 0 unspecified atom stereocenters. The number of hydrogen-bond acceptors (Lipinski definition) is 1. The van der Waals surface area contributed by atoms with Crippen LogP contribution in [-0.2, 0) is 4.79 Å². The third-order valence-corrected chi connectivity index (χ3v) is 13.9. The fourth-order valence-electron chi connectivity index (χ4n) is 12.3. The van der Waals surface area contributed by atoms with E-state index < -0.39 is 0 Å². The van der Waals surface area contributed by atoms with E-state index in [0.29, 0.717) is 33.0 Å². The molecule has 0 saturated heterocycles. The summed E-state index contributed by atoms with van der Waals surface area (Å²) >= 11 is 0. The summed E-state index contributed by atoms with van der Waals surface area (Å²) in [6.45, 7) is 18.5. The van der Waals surface area contributed by atoms with E-state index in [1.807, 2.05) is 0 Å². The number of allylic oxidation sites excluding steroid dienone is 2. The van der Waals surface area contributed by atoms with Gasteiger partial charge in [-0.2, -0.15) is 0 Å². The Kier molecular flexibility index (Phi) is 5.63. The van der Waals surface area contributed by atoms with Crippen molar-refractivity contribution in [3.05, 3.63) is 12.2 Å². The third-order valence-electron chi connectivity index (χ3n) is 13.9. The summed E-state index contributed by atoms with van der Waals surface area (Å²) in [5.41, 5.74) is 2.57. The highest BCUT2D eigenvalue weighted by atomic mass is 16.1. The number of aldehydes is 1. The average Bonchev–Trinajstić information content (AvgIpc) is 3.09. The van der Waals surface area contributed by atoms with Gasteiger partial charge in [0.1, 0.15) is 6.29 Å². The van der Waals surface area contributed by atoms with E-state index in [-0.39, 0.29) is 0 Å². The number of hydrogen-bond donors (Lipinski definition) is 0. The lowest BCUT2D eigenvalue weighted by Gasteiger charge is -2.73. The molecule has 1 heteroatoms. The van der Waals surface area contributed by atoms with Crippen molar-refractivity contribution in [1.82, 2.24) is 0 Å². The molecule has 33 heavy (non-hydrogen) atoms. The molecule has 0 aromatic rings. The largest absolute Gasteiger partial charge is 0.299 e. The maximum Gasteiger partial charge on any atom is 0.142 e. The molecule has 0 aromatic carbocycles. The number of rotatable bonds is 3. The Balaban J connectivity index is 1.47. The molecule has 5 rings (SSSR count). The fraction of sp³-hybridized carbons (Fsp3) is 0.906. The van der Waals surface area contributed by atoms with E-state index in [0.717, 1.165) is 35.9 Å². The minimum Gasteiger partial charge on any atom is -0.299 e. The van der Waals surface area contributed by atoms with Crippen LogP contribution >= 0.6 is 0 Å².